The number of nitrogens with zero attached hydrogens (tertiary/aromatic N) is 1. The molecule has 0 atom stereocenters. The number of carbonyl (C=O) groups excluding carboxylic acids is 1. The maximum Gasteiger partial charge on any atom is 0.339 e. The van der Waals surface area contributed by atoms with Crippen LogP contribution < -0.4 is 5.32 Å². The van der Waals surface area contributed by atoms with Gasteiger partial charge in [-0.25, -0.2) is 4.79 Å². The Morgan fingerprint density at radius 2 is 2.35 bits per heavy atom. The number of rotatable bonds is 5. The molecule has 1 rings (SSSR count). The minimum Gasteiger partial charge on any atom is -0.465 e. The molecule has 0 amide bonds. The van der Waals surface area contributed by atoms with Crippen molar-refractivity contribution in [3.63, 3.8) is 0 Å². The molecule has 0 fully saturated rings. The van der Waals surface area contributed by atoms with Crippen molar-refractivity contribution in [1.29, 1.82) is 0 Å². The third-order valence-corrected chi connectivity index (χ3v) is 2.16. The molecule has 90 valence electrons. The van der Waals surface area contributed by atoms with Crippen LogP contribution >= 0.6 is 0 Å². The lowest BCUT2D eigenvalue weighted by atomic mass is 10.2. The minimum absolute atomic E-state index is 0.366. The van der Waals surface area contributed by atoms with Gasteiger partial charge < -0.3 is 10.1 Å². The molecular weight excluding hydrogens is 216 g/mol. The van der Waals surface area contributed by atoms with E-state index < -0.39 is 0 Å². The fourth-order valence-electron chi connectivity index (χ4n) is 1.26. The summed E-state index contributed by atoms with van der Waals surface area (Å²) < 4.78 is 4.59. The highest BCUT2D eigenvalue weighted by molar-refractivity contribution is 5.88. The van der Waals surface area contributed by atoms with Crippen molar-refractivity contribution >= 4 is 5.97 Å². The first kappa shape index (κ1) is 13.2. The maximum absolute atomic E-state index is 11.2. The summed E-state index contributed by atoms with van der Waals surface area (Å²) in [6.45, 7) is 3.33. The Kier molecular flexibility index (Phi) is 5.76. The third kappa shape index (κ3) is 4.66. The molecule has 17 heavy (non-hydrogen) atoms. The van der Waals surface area contributed by atoms with E-state index in [4.69, 9.17) is 0 Å². The van der Waals surface area contributed by atoms with E-state index in [-0.39, 0.29) is 5.97 Å². The van der Waals surface area contributed by atoms with Crippen molar-refractivity contribution in [3.05, 3.63) is 29.6 Å². The Hall–Kier alpha value is -1.86. The van der Waals surface area contributed by atoms with Crippen LogP contribution in [-0.4, -0.2) is 24.6 Å². The normalized spacial score (nSPS) is 9.29. The zero-order chi connectivity index (χ0) is 12.5. The van der Waals surface area contributed by atoms with Gasteiger partial charge in [-0.05, 0) is 19.1 Å². The van der Waals surface area contributed by atoms with Crippen molar-refractivity contribution in [2.24, 2.45) is 0 Å². The van der Waals surface area contributed by atoms with Crippen LogP contribution in [0.15, 0.2) is 18.3 Å². The Morgan fingerprint density at radius 3 is 2.94 bits per heavy atom. The van der Waals surface area contributed by atoms with E-state index in [1.54, 1.807) is 6.07 Å². The lowest BCUT2D eigenvalue weighted by molar-refractivity contribution is 0.0600. The van der Waals surface area contributed by atoms with Crippen LogP contribution in [0.5, 0.6) is 0 Å². The van der Waals surface area contributed by atoms with Gasteiger partial charge in [-0.2, -0.15) is 0 Å². The van der Waals surface area contributed by atoms with Crippen LogP contribution in [0, 0.1) is 11.8 Å². The molecule has 0 aliphatic carbocycles. The smallest absolute Gasteiger partial charge is 0.339 e. The highest BCUT2D eigenvalue weighted by Crippen LogP contribution is 2.01. The number of aromatic nitrogens is 1. The predicted octanol–water partition coefficient (Wildman–Crippen LogP) is 1.37. The molecule has 1 heterocycles. The maximum atomic E-state index is 11.2. The summed E-state index contributed by atoms with van der Waals surface area (Å²) in [6.07, 6.45) is 2.35. The van der Waals surface area contributed by atoms with Crippen LogP contribution in [0.3, 0.4) is 0 Å². The number of hydrogen-bond donors (Lipinski definition) is 1. The predicted molar refractivity (Wildman–Crippen MR) is 65.4 cm³/mol. The lowest BCUT2D eigenvalue weighted by Gasteiger charge is -2.03. The average Bonchev–Trinajstić information content (AvgIpc) is 2.38. The largest absolute Gasteiger partial charge is 0.465 e. The van der Waals surface area contributed by atoms with Crippen molar-refractivity contribution in [3.8, 4) is 11.8 Å². The Bertz CT molecular complexity index is 415. The SMILES string of the molecule is CC#CCCNCc1ccc(C(=O)OC)cn1. The van der Waals surface area contributed by atoms with Gasteiger partial charge >= 0.3 is 5.97 Å². The second-order valence-electron chi connectivity index (χ2n) is 3.38. The summed E-state index contributed by atoms with van der Waals surface area (Å²) in [5.41, 5.74) is 1.36. The molecule has 0 aliphatic heterocycles. The van der Waals surface area contributed by atoms with E-state index in [2.05, 4.69) is 26.9 Å². The van der Waals surface area contributed by atoms with Gasteiger partial charge in [-0.15, -0.1) is 11.8 Å². The van der Waals surface area contributed by atoms with Gasteiger partial charge in [0, 0.05) is 25.7 Å². The molecule has 0 radical (unpaired) electrons. The van der Waals surface area contributed by atoms with Gasteiger partial charge in [0.05, 0.1) is 18.4 Å². The molecular formula is C13H16N2O2. The van der Waals surface area contributed by atoms with E-state index in [0.29, 0.717) is 12.1 Å². The standard InChI is InChI=1S/C13H16N2O2/c1-3-4-5-8-14-10-12-7-6-11(9-15-12)13(16)17-2/h6-7,9,14H,5,8,10H2,1-2H3. The minimum atomic E-state index is -0.366. The number of ether oxygens (including phenoxy) is 1. The monoisotopic (exact) mass is 232 g/mol. The summed E-state index contributed by atoms with van der Waals surface area (Å²) in [7, 11) is 1.35. The molecule has 0 unspecified atom stereocenters. The number of carbonyl (C=O) groups is 1. The summed E-state index contributed by atoms with van der Waals surface area (Å²) >= 11 is 0. The molecule has 0 aliphatic rings. The Labute approximate surface area is 101 Å². The average molecular weight is 232 g/mol. The summed E-state index contributed by atoms with van der Waals surface area (Å²) in [6, 6.07) is 3.52. The quantitative estimate of drug-likeness (QED) is 0.473. The van der Waals surface area contributed by atoms with E-state index in [0.717, 1.165) is 18.7 Å². The first-order valence-electron chi connectivity index (χ1n) is 5.41. The Balaban J connectivity index is 2.39. The van der Waals surface area contributed by atoms with Crippen LogP contribution in [0.25, 0.3) is 0 Å². The molecule has 0 aromatic carbocycles. The van der Waals surface area contributed by atoms with Crippen molar-refractivity contribution < 1.29 is 9.53 Å². The second-order valence-corrected chi connectivity index (χ2v) is 3.38. The van der Waals surface area contributed by atoms with Crippen LogP contribution in [0.4, 0.5) is 0 Å². The number of methoxy groups -OCH3 is 1. The van der Waals surface area contributed by atoms with Gasteiger partial charge in [0.15, 0.2) is 0 Å². The van der Waals surface area contributed by atoms with Gasteiger partial charge in [0.2, 0.25) is 0 Å². The van der Waals surface area contributed by atoms with Crippen molar-refractivity contribution in [1.82, 2.24) is 10.3 Å². The molecule has 4 heteroatoms. The van der Waals surface area contributed by atoms with Crippen molar-refractivity contribution in [2.45, 2.75) is 19.9 Å². The van der Waals surface area contributed by atoms with Crippen molar-refractivity contribution in [2.75, 3.05) is 13.7 Å². The zero-order valence-electron chi connectivity index (χ0n) is 10.1. The van der Waals surface area contributed by atoms with E-state index >= 15 is 0 Å². The summed E-state index contributed by atoms with van der Waals surface area (Å²) in [4.78, 5) is 15.3. The van der Waals surface area contributed by atoms with Gasteiger partial charge in [0.1, 0.15) is 0 Å². The first-order chi connectivity index (χ1) is 8.27. The highest BCUT2D eigenvalue weighted by atomic mass is 16.5. The fraction of sp³-hybridized carbons (Fsp3) is 0.385. The van der Waals surface area contributed by atoms with Crippen LogP contribution in [0.2, 0.25) is 0 Å². The van der Waals surface area contributed by atoms with Gasteiger partial charge in [0.25, 0.3) is 0 Å². The van der Waals surface area contributed by atoms with Crippen LogP contribution in [0.1, 0.15) is 29.4 Å². The Morgan fingerprint density at radius 1 is 1.53 bits per heavy atom. The number of esters is 1. The number of hydrogen-bond acceptors (Lipinski definition) is 4. The van der Waals surface area contributed by atoms with E-state index in [1.165, 1.54) is 13.3 Å². The fourth-order valence-corrected chi connectivity index (χ4v) is 1.26. The molecule has 0 bridgehead atoms. The van der Waals surface area contributed by atoms with Crippen LogP contribution in [-0.2, 0) is 11.3 Å². The molecule has 0 saturated heterocycles. The molecule has 1 aromatic rings. The number of pyridine rings is 1. The third-order valence-electron chi connectivity index (χ3n) is 2.16. The second kappa shape index (κ2) is 7.42. The van der Waals surface area contributed by atoms with Gasteiger partial charge in [-0.1, -0.05) is 0 Å². The van der Waals surface area contributed by atoms with E-state index in [9.17, 15) is 4.79 Å². The van der Waals surface area contributed by atoms with E-state index in [1.807, 2.05) is 13.0 Å². The van der Waals surface area contributed by atoms with Gasteiger partial charge in [-0.3, -0.25) is 4.98 Å². The first-order valence-corrected chi connectivity index (χ1v) is 5.41. The molecule has 0 spiro atoms. The lowest BCUT2D eigenvalue weighted by Crippen LogP contribution is -2.15. The highest BCUT2D eigenvalue weighted by Gasteiger charge is 2.04. The molecule has 4 nitrogen and oxygen atoms in total. The molecule has 1 aromatic heterocycles. The summed E-state index contributed by atoms with van der Waals surface area (Å²) in [5.74, 6) is 5.44. The topological polar surface area (TPSA) is 51.2 Å². The number of nitrogens with one attached hydrogen (secondary N) is 1. The zero-order valence-corrected chi connectivity index (χ0v) is 10.1. The molecule has 1 N–H and O–H groups in total. The summed E-state index contributed by atoms with van der Waals surface area (Å²) in [5, 5.41) is 3.22. The molecule has 0 saturated carbocycles.